The third-order valence-electron chi connectivity index (χ3n) is 4.59. The van der Waals surface area contributed by atoms with Crippen molar-refractivity contribution in [3.05, 3.63) is 95.1 Å². The van der Waals surface area contributed by atoms with Crippen LogP contribution in [0, 0.1) is 0 Å². The van der Waals surface area contributed by atoms with Gasteiger partial charge in [0.2, 0.25) is 0 Å². The van der Waals surface area contributed by atoms with E-state index in [1.165, 1.54) is 0 Å². The first-order valence-corrected chi connectivity index (χ1v) is 10.4. The molecule has 0 bridgehead atoms. The van der Waals surface area contributed by atoms with Gasteiger partial charge < -0.3 is 4.74 Å². The molecule has 0 radical (unpaired) electrons. The van der Waals surface area contributed by atoms with Crippen LogP contribution in [0.15, 0.2) is 84.5 Å². The van der Waals surface area contributed by atoms with Crippen LogP contribution in [0.4, 0.5) is 0 Å². The van der Waals surface area contributed by atoms with Gasteiger partial charge in [-0.3, -0.25) is 4.57 Å². The SMILES string of the molecule is Clc1cccc(-c2csc(-n3cnc4ccc(OCc5ccccc5)cc43)n2)c1. The van der Waals surface area contributed by atoms with E-state index in [-0.39, 0.29) is 0 Å². The number of aromatic nitrogens is 3. The number of imidazole rings is 1. The molecule has 2 aromatic heterocycles. The number of rotatable bonds is 5. The van der Waals surface area contributed by atoms with Crippen LogP contribution >= 0.6 is 22.9 Å². The predicted molar refractivity (Wildman–Crippen MR) is 118 cm³/mol. The Hall–Kier alpha value is -3.15. The average molecular weight is 418 g/mol. The molecule has 0 aliphatic carbocycles. The van der Waals surface area contributed by atoms with E-state index in [0.717, 1.165) is 38.7 Å². The summed E-state index contributed by atoms with van der Waals surface area (Å²) in [4.78, 5) is 9.28. The van der Waals surface area contributed by atoms with E-state index in [1.54, 1.807) is 17.7 Å². The second-order valence-corrected chi connectivity index (χ2v) is 7.84. The van der Waals surface area contributed by atoms with Crippen LogP contribution in [0.3, 0.4) is 0 Å². The Labute approximate surface area is 177 Å². The lowest BCUT2D eigenvalue weighted by Gasteiger charge is -2.07. The Morgan fingerprint density at radius 1 is 0.966 bits per heavy atom. The van der Waals surface area contributed by atoms with Gasteiger partial charge in [0, 0.05) is 22.0 Å². The van der Waals surface area contributed by atoms with Crippen LogP contribution in [0.5, 0.6) is 5.75 Å². The largest absolute Gasteiger partial charge is 0.489 e. The van der Waals surface area contributed by atoms with Crippen molar-refractivity contribution < 1.29 is 4.74 Å². The van der Waals surface area contributed by atoms with Crippen LogP contribution < -0.4 is 4.74 Å². The molecule has 0 spiro atoms. The summed E-state index contributed by atoms with van der Waals surface area (Å²) in [6.45, 7) is 0.524. The molecular weight excluding hydrogens is 402 g/mol. The zero-order chi connectivity index (χ0) is 19.6. The van der Waals surface area contributed by atoms with Crippen molar-refractivity contribution in [1.82, 2.24) is 14.5 Å². The van der Waals surface area contributed by atoms with Crippen molar-refractivity contribution in [3.63, 3.8) is 0 Å². The number of fused-ring (bicyclic) bond motifs is 1. The summed E-state index contributed by atoms with van der Waals surface area (Å²) < 4.78 is 7.96. The van der Waals surface area contributed by atoms with E-state index < -0.39 is 0 Å². The number of benzene rings is 3. The highest BCUT2D eigenvalue weighted by Gasteiger charge is 2.11. The number of nitrogens with zero attached hydrogens (tertiary/aromatic N) is 3. The van der Waals surface area contributed by atoms with Crippen molar-refractivity contribution in [3.8, 4) is 22.1 Å². The Kier molecular flexibility index (Phi) is 4.76. The highest BCUT2D eigenvalue weighted by Crippen LogP contribution is 2.29. The Morgan fingerprint density at radius 3 is 2.72 bits per heavy atom. The summed E-state index contributed by atoms with van der Waals surface area (Å²) in [6.07, 6.45) is 1.80. The first-order chi connectivity index (χ1) is 14.3. The van der Waals surface area contributed by atoms with Gasteiger partial charge >= 0.3 is 0 Å². The fraction of sp³-hybridized carbons (Fsp3) is 0.0435. The van der Waals surface area contributed by atoms with Gasteiger partial charge in [-0.15, -0.1) is 11.3 Å². The maximum Gasteiger partial charge on any atom is 0.195 e. The third-order valence-corrected chi connectivity index (χ3v) is 5.66. The van der Waals surface area contributed by atoms with Crippen molar-refractivity contribution in [2.24, 2.45) is 0 Å². The van der Waals surface area contributed by atoms with Crippen LogP contribution in [0.25, 0.3) is 27.4 Å². The maximum atomic E-state index is 6.12. The molecule has 6 heteroatoms. The first kappa shape index (κ1) is 17.9. The summed E-state index contributed by atoms with van der Waals surface area (Å²) in [5.74, 6) is 0.801. The van der Waals surface area contributed by atoms with Gasteiger partial charge in [-0.2, -0.15) is 0 Å². The lowest BCUT2D eigenvalue weighted by Crippen LogP contribution is -1.96. The molecule has 0 unspecified atom stereocenters. The number of ether oxygens (including phenoxy) is 1. The minimum absolute atomic E-state index is 0.524. The summed E-state index contributed by atoms with van der Waals surface area (Å²) in [5, 5.41) is 3.58. The summed E-state index contributed by atoms with van der Waals surface area (Å²) in [6, 6.07) is 23.8. The van der Waals surface area contributed by atoms with E-state index in [9.17, 15) is 0 Å². The Bertz CT molecular complexity index is 1280. The Balaban J connectivity index is 1.45. The fourth-order valence-corrected chi connectivity index (χ4v) is 4.13. The monoisotopic (exact) mass is 417 g/mol. The lowest BCUT2D eigenvalue weighted by molar-refractivity contribution is 0.306. The van der Waals surface area contributed by atoms with Crippen LogP contribution in [-0.2, 0) is 6.61 Å². The molecule has 0 amide bonds. The molecule has 3 aromatic carbocycles. The minimum atomic E-state index is 0.524. The second kappa shape index (κ2) is 7.70. The highest BCUT2D eigenvalue weighted by atomic mass is 35.5. The van der Waals surface area contributed by atoms with Crippen molar-refractivity contribution in [2.75, 3.05) is 0 Å². The first-order valence-electron chi connectivity index (χ1n) is 9.12. The van der Waals surface area contributed by atoms with Crippen molar-refractivity contribution >= 4 is 34.0 Å². The van der Waals surface area contributed by atoms with Gasteiger partial charge in [0.25, 0.3) is 0 Å². The van der Waals surface area contributed by atoms with E-state index in [0.29, 0.717) is 11.6 Å². The molecule has 29 heavy (non-hydrogen) atoms. The molecule has 142 valence electrons. The average Bonchev–Trinajstić information content (AvgIpc) is 3.40. The molecule has 2 heterocycles. The van der Waals surface area contributed by atoms with E-state index in [2.05, 4.69) is 17.1 Å². The summed E-state index contributed by atoms with van der Waals surface area (Å²) in [7, 11) is 0. The molecule has 5 aromatic rings. The van der Waals surface area contributed by atoms with Crippen LogP contribution in [0.2, 0.25) is 5.02 Å². The fourth-order valence-electron chi connectivity index (χ4n) is 3.13. The summed E-state index contributed by atoms with van der Waals surface area (Å²) in [5.41, 5.74) is 4.88. The number of hydrogen-bond donors (Lipinski definition) is 0. The minimum Gasteiger partial charge on any atom is -0.489 e. The van der Waals surface area contributed by atoms with Crippen LogP contribution in [0.1, 0.15) is 5.56 Å². The zero-order valence-corrected chi connectivity index (χ0v) is 16.9. The molecule has 4 nitrogen and oxygen atoms in total. The van der Waals surface area contributed by atoms with E-state index in [4.69, 9.17) is 21.3 Å². The lowest BCUT2D eigenvalue weighted by atomic mass is 10.2. The number of halogens is 1. The van der Waals surface area contributed by atoms with Gasteiger partial charge in [-0.25, -0.2) is 9.97 Å². The molecule has 0 atom stereocenters. The molecule has 0 fully saturated rings. The number of thiazole rings is 1. The molecule has 0 aliphatic heterocycles. The van der Waals surface area contributed by atoms with Gasteiger partial charge in [-0.05, 0) is 29.8 Å². The van der Waals surface area contributed by atoms with E-state index in [1.807, 2.05) is 70.6 Å². The quantitative estimate of drug-likeness (QED) is 0.333. The normalized spacial score (nSPS) is 11.1. The maximum absolute atomic E-state index is 6.12. The standard InChI is InChI=1S/C23H16ClN3OS/c24-18-8-4-7-17(11-18)21-14-29-23(26-21)27-15-25-20-10-9-19(12-22(20)27)28-13-16-5-2-1-3-6-16/h1-12,14-15H,13H2. The molecular formula is C23H16ClN3OS. The Morgan fingerprint density at radius 2 is 1.86 bits per heavy atom. The molecule has 0 saturated heterocycles. The molecule has 0 aliphatic rings. The molecule has 0 N–H and O–H groups in total. The highest BCUT2D eigenvalue weighted by molar-refractivity contribution is 7.12. The van der Waals surface area contributed by atoms with Crippen molar-refractivity contribution in [1.29, 1.82) is 0 Å². The van der Waals surface area contributed by atoms with Gasteiger partial charge in [0.05, 0.1) is 16.7 Å². The van der Waals surface area contributed by atoms with E-state index >= 15 is 0 Å². The topological polar surface area (TPSA) is 39.9 Å². The number of hydrogen-bond acceptors (Lipinski definition) is 4. The summed E-state index contributed by atoms with van der Waals surface area (Å²) >= 11 is 7.68. The molecule has 5 rings (SSSR count). The predicted octanol–water partition coefficient (Wildman–Crippen LogP) is 6.38. The van der Waals surface area contributed by atoms with Crippen LogP contribution in [-0.4, -0.2) is 14.5 Å². The smallest absolute Gasteiger partial charge is 0.195 e. The van der Waals surface area contributed by atoms with Gasteiger partial charge in [0.15, 0.2) is 5.13 Å². The van der Waals surface area contributed by atoms with Gasteiger partial charge in [-0.1, -0.05) is 54.1 Å². The second-order valence-electron chi connectivity index (χ2n) is 6.57. The third kappa shape index (κ3) is 3.75. The molecule has 0 saturated carbocycles. The van der Waals surface area contributed by atoms with Crippen molar-refractivity contribution in [2.45, 2.75) is 6.61 Å². The van der Waals surface area contributed by atoms with Gasteiger partial charge in [0.1, 0.15) is 18.7 Å². The zero-order valence-electron chi connectivity index (χ0n) is 15.3.